The normalized spacial score (nSPS) is 14.3. The van der Waals surface area contributed by atoms with Crippen molar-refractivity contribution in [1.29, 1.82) is 0 Å². The van der Waals surface area contributed by atoms with E-state index < -0.39 is 33.2 Å². The van der Waals surface area contributed by atoms with E-state index in [1.807, 2.05) is 0 Å². The highest BCUT2D eigenvalue weighted by molar-refractivity contribution is 7.47. The molecule has 0 spiro atoms. The molecule has 0 aromatic rings. The van der Waals surface area contributed by atoms with Crippen LogP contribution in [0, 0.1) is 0 Å². The molecule has 0 aromatic heterocycles. The van der Waals surface area contributed by atoms with E-state index in [0.29, 0.717) is 6.61 Å². The van der Waals surface area contributed by atoms with Crippen LogP contribution in [0.5, 0.6) is 0 Å². The third-order valence-electron chi connectivity index (χ3n) is 8.04. The summed E-state index contributed by atoms with van der Waals surface area (Å²) >= 11 is 0. The summed E-state index contributed by atoms with van der Waals surface area (Å²) in [5.74, 6) is -0.386. The van der Waals surface area contributed by atoms with E-state index in [-0.39, 0.29) is 25.6 Å². The highest BCUT2D eigenvalue weighted by atomic mass is 31.2. The van der Waals surface area contributed by atoms with Gasteiger partial charge in [0.2, 0.25) is 0 Å². The van der Waals surface area contributed by atoms with Gasteiger partial charge in [-0.05, 0) is 12.8 Å². The summed E-state index contributed by atoms with van der Waals surface area (Å²) < 4.78 is 33.1. The van der Waals surface area contributed by atoms with Crippen molar-refractivity contribution in [2.75, 3.05) is 33.0 Å². The van der Waals surface area contributed by atoms with E-state index in [0.717, 1.165) is 32.1 Å². The Kier molecular flexibility index (Phi) is 33.0. The second-order valence-corrected chi connectivity index (χ2v) is 14.1. The topological polar surface area (TPSA) is 132 Å². The third kappa shape index (κ3) is 33.2. The van der Waals surface area contributed by atoms with Crippen molar-refractivity contribution in [3.05, 3.63) is 0 Å². The number of rotatable bonds is 36. The first kappa shape index (κ1) is 44.5. The monoisotopic (exact) mass is 666 g/mol. The van der Waals surface area contributed by atoms with Gasteiger partial charge in [0.25, 0.3) is 0 Å². The smallest absolute Gasteiger partial charge is 0.457 e. The molecule has 45 heavy (non-hydrogen) atoms. The Labute approximate surface area is 276 Å². The van der Waals surface area contributed by atoms with Crippen molar-refractivity contribution < 1.29 is 43.0 Å². The number of hydrogen-bond acceptors (Lipinski definition) is 8. The predicted octanol–water partition coefficient (Wildman–Crippen LogP) is 9.19. The van der Waals surface area contributed by atoms with Crippen LogP contribution in [-0.2, 0) is 27.9 Å². The highest BCUT2D eigenvalue weighted by Crippen LogP contribution is 2.43. The maximum absolute atomic E-state index is 12.4. The summed E-state index contributed by atoms with van der Waals surface area (Å²) in [7, 11) is -4.49. The Morgan fingerprint density at radius 3 is 1.44 bits per heavy atom. The molecule has 0 rings (SSSR count). The lowest BCUT2D eigenvalue weighted by Crippen LogP contribution is -2.29. The standard InChI is InChI=1S/C35H71O9P/c1-3-5-7-9-11-12-13-14-15-16-17-18-19-20-22-24-26-28-41-31-34(32-43-45(39,40)42-30-33(37)29-36)44-35(38)27-25-23-21-10-8-6-4-2/h33-34,36-37H,3-32H2,1-2H3,(H,39,40). The molecule has 3 atom stereocenters. The van der Waals surface area contributed by atoms with Crippen LogP contribution in [0.3, 0.4) is 0 Å². The Morgan fingerprint density at radius 1 is 0.600 bits per heavy atom. The van der Waals surface area contributed by atoms with Crippen molar-refractivity contribution in [3.63, 3.8) is 0 Å². The second-order valence-electron chi connectivity index (χ2n) is 12.6. The van der Waals surface area contributed by atoms with Crippen molar-refractivity contribution in [1.82, 2.24) is 0 Å². The van der Waals surface area contributed by atoms with Gasteiger partial charge in [-0.3, -0.25) is 13.8 Å². The van der Waals surface area contributed by atoms with E-state index in [2.05, 4.69) is 13.8 Å². The molecule has 0 saturated carbocycles. The van der Waals surface area contributed by atoms with Crippen LogP contribution in [0.25, 0.3) is 0 Å². The molecule has 0 saturated heterocycles. The largest absolute Gasteiger partial charge is 0.472 e. The number of phosphoric ester groups is 1. The maximum atomic E-state index is 12.4. The first-order valence-electron chi connectivity index (χ1n) is 18.5. The minimum absolute atomic E-state index is 0.0564. The van der Waals surface area contributed by atoms with Crippen LogP contribution < -0.4 is 0 Å². The molecule has 9 nitrogen and oxygen atoms in total. The zero-order valence-corrected chi connectivity index (χ0v) is 30.0. The minimum Gasteiger partial charge on any atom is -0.457 e. The summed E-state index contributed by atoms with van der Waals surface area (Å²) in [5.41, 5.74) is 0. The molecule has 10 heteroatoms. The lowest BCUT2D eigenvalue weighted by molar-refractivity contribution is -0.154. The average molecular weight is 667 g/mol. The van der Waals surface area contributed by atoms with Gasteiger partial charge in [0.05, 0.1) is 26.4 Å². The van der Waals surface area contributed by atoms with Crippen molar-refractivity contribution in [2.24, 2.45) is 0 Å². The molecule has 0 aliphatic carbocycles. The highest BCUT2D eigenvalue weighted by Gasteiger charge is 2.26. The van der Waals surface area contributed by atoms with Crippen LogP contribution in [0.2, 0.25) is 0 Å². The van der Waals surface area contributed by atoms with Crippen LogP contribution in [0.15, 0.2) is 0 Å². The van der Waals surface area contributed by atoms with Gasteiger partial charge in [-0.1, -0.05) is 155 Å². The molecule has 0 radical (unpaired) electrons. The minimum atomic E-state index is -4.49. The fraction of sp³-hybridized carbons (Fsp3) is 0.971. The van der Waals surface area contributed by atoms with E-state index in [9.17, 15) is 19.4 Å². The second kappa shape index (κ2) is 33.4. The molecule has 0 aromatic carbocycles. The molecule has 0 fully saturated rings. The van der Waals surface area contributed by atoms with Gasteiger partial charge in [-0.25, -0.2) is 4.57 Å². The molecule has 0 aliphatic rings. The molecule has 0 aliphatic heterocycles. The number of hydrogen-bond donors (Lipinski definition) is 3. The number of phosphoric acid groups is 1. The molecule has 0 bridgehead atoms. The van der Waals surface area contributed by atoms with Crippen LogP contribution in [0.1, 0.15) is 174 Å². The Bertz CT molecular complexity index is 680. The number of aliphatic hydroxyl groups excluding tert-OH is 2. The molecule has 0 amide bonds. The van der Waals surface area contributed by atoms with Crippen LogP contribution >= 0.6 is 7.82 Å². The van der Waals surface area contributed by atoms with Crippen LogP contribution in [-0.4, -0.2) is 66.3 Å². The molecular formula is C35H71O9P. The molecule has 3 N–H and O–H groups in total. The number of carbonyl (C=O) groups excluding carboxylic acids is 1. The number of unbranched alkanes of at least 4 members (excludes halogenated alkanes) is 22. The quantitative estimate of drug-likeness (QED) is 0.0340. The van der Waals surface area contributed by atoms with Gasteiger partial charge in [-0.15, -0.1) is 0 Å². The predicted molar refractivity (Wildman–Crippen MR) is 182 cm³/mol. The number of ether oxygens (including phenoxy) is 2. The molecular weight excluding hydrogens is 595 g/mol. The van der Waals surface area contributed by atoms with Crippen LogP contribution in [0.4, 0.5) is 0 Å². The zero-order valence-electron chi connectivity index (χ0n) is 29.1. The van der Waals surface area contributed by atoms with Gasteiger partial charge in [0.15, 0.2) is 0 Å². The lowest BCUT2D eigenvalue weighted by atomic mass is 10.0. The number of carbonyl (C=O) groups is 1. The molecule has 270 valence electrons. The maximum Gasteiger partial charge on any atom is 0.472 e. The summed E-state index contributed by atoms with van der Waals surface area (Å²) in [6.07, 6.45) is 27.9. The van der Waals surface area contributed by atoms with Crippen molar-refractivity contribution in [3.8, 4) is 0 Å². The zero-order chi connectivity index (χ0) is 33.3. The van der Waals surface area contributed by atoms with Gasteiger partial charge >= 0.3 is 13.8 Å². The average Bonchev–Trinajstić information content (AvgIpc) is 3.03. The molecule has 3 unspecified atom stereocenters. The Morgan fingerprint density at radius 2 is 1.00 bits per heavy atom. The first-order chi connectivity index (χ1) is 21.8. The van der Waals surface area contributed by atoms with Gasteiger partial charge in [-0.2, -0.15) is 0 Å². The van der Waals surface area contributed by atoms with Gasteiger partial charge in [0.1, 0.15) is 12.2 Å². The third-order valence-corrected chi connectivity index (χ3v) is 8.99. The van der Waals surface area contributed by atoms with E-state index in [4.69, 9.17) is 23.6 Å². The van der Waals surface area contributed by atoms with Crippen molar-refractivity contribution in [2.45, 2.75) is 187 Å². The SMILES string of the molecule is CCCCCCCCCCCCCCCCCCCOCC(COP(=O)(O)OCC(O)CO)OC(=O)CCCCCCCCC. The fourth-order valence-electron chi connectivity index (χ4n) is 5.18. The van der Waals surface area contributed by atoms with E-state index in [1.165, 1.54) is 122 Å². The summed E-state index contributed by atoms with van der Waals surface area (Å²) in [6.45, 7) is 3.49. The lowest BCUT2D eigenvalue weighted by Gasteiger charge is -2.20. The van der Waals surface area contributed by atoms with E-state index in [1.54, 1.807) is 0 Å². The number of esters is 1. The summed E-state index contributed by atoms with van der Waals surface area (Å²) in [6, 6.07) is 0. The number of aliphatic hydroxyl groups is 2. The Balaban J connectivity index is 4.07. The van der Waals surface area contributed by atoms with E-state index >= 15 is 0 Å². The molecule has 0 heterocycles. The van der Waals surface area contributed by atoms with Gasteiger partial charge in [0, 0.05) is 13.0 Å². The summed E-state index contributed by atoms with van der Waals surface area (Å²) in [5, 5.41) is 18.2. The van der Waals surface area contributed by atoms with Crippen molar-refractivity contribution >= 4 is 13.8 Å². The Hall–Kier alpha value is -0.540. The summed E-state index contributed by atoms with van der Waals surface area (Å²) in [4.78, 5) is 22.3. The van der Waals surface area contributed by atoms with Gasteiger partial charge < -0.3 is 24.6 Å². The first-order valence-corrected chi connectivity index (χ1v) is 20.0. The fourth-order valence-corrected chi connectivity index (χ4v) is 5.97.